The molecule has 0 bridgehead atoms. The van der Waals surface area contributed by atoms with Gasteiger partial charge in [-0.2, -0.15) is 0 Å². The van der Waals surface area contributed by atoms with Crippen LogP contribution in [0.25, 0.3) is 0 Å². The smallest absolute Gasteiger partial charge is 0.343 e. The third-order valence-electron chi connectivity index (χ3n) is 2.99. The lowest BCUT2D eigenvalue weighted by Crippen LogP contribution is -2.11. The van der Waals surface area contributed by atoms with Gasteiger partial charge >= 0.3 is 11.9 Å². The molecule has 8 heteroatoms. The van der Waals surface area contributed by atoms with Crippen LogP contribution in [0.15, 0.2) is 35.6 Å². The van der Waals surface area contributed by atoms with Crippen molar-refractivity contribution in [3.8, 4) is 0 Å². The molecule has 1 N–H and O–H groups in total. The number of nitrogens with one attached hydrogen (secondary N) is 1. The summed E-state index contributed by atoms with van der Waals surface area (Å²) in [5, 5.41) is 3.54. The fourth-order valence-corrected chi connectivity index (χ4v) is 2.24. The van der Waals surface area contributed by atoms with E-state index in [1.807, 2.05) is 6.26 Å². The van der Waals surface area contributed by atoms with E-state index in [0.717, 1.165) is 0 Å². The largest absolute Gasteiger partial charge is 0.465 e. The Morgan fingerprint density at radius 3 is 2.75 bits per heavy atom. The van der Waals surface area contributed by atoms with E-state index in [1.54, 1.807) is 31.2 Å². The number of nitrogens with zero attached hydrogens (tertiary/aromatic N) is 2. The van der Waals surface area contributed by atoms with Gasteiger partial charge in [-0.25, -0.2) is 19.6 Å². The number of benzene rings is 1. The highest BCUT2D eigenvalue weighted by atomic mass is 32.2. The molecule has 0 unspecified atom stereocenters. The first-order valence-electron chi connectivity index (χ1n) is 7.12. The van der Waals surface area contributed by atoms with Crippen molar-refractivity contribution in [3.63, 3.8) is 0 Å². The van der Waals surface area contributed by atoms with E-state index >= 15 is 0 Å². The maximum atomic E-state index is 12.1. The average molecular weight is 347 g/mol. The summed E-state index contributed by atoms with van der Waals surface area (Å²) in [5.41, 5.74) is 1.20. The summed E-state index contributed by atoms with van der Waals surface area (Å²) in [6.45, 7) is 1.97. The number of methoxy groups -OCH3 is 1. The van der Waals surface area contributed by atoms with Crippen molar-refractivity contribution >= 4 is 35.2 Å². The third kappa shape index (κ3) is 4.23. The molecular formula is C16H17N3O4S. The Labute approximate surface area is 143 Å². The van der Waals surface area contributed by atoms with Crippen LogP contribution in [0.3, 0.4) is 0 Å². The SMILES string of the molecule is CCOC(=O)c1cnc(SC)nc1Nc1cccc(C(=O)OC)c1. The highest BCUT2D eigenvalue weighted by molar-refractivity contribution is 7.98. The molecule has 1 aromatic carbocycles. The Hall–Kier alpha value is -2.61. The van der Waals surface area contributed by atoms with Crippen molar-refractivity contribution in [2.75, 3.05) is 25.3 Å². The second-order valence-corrected chi connectivity index (χ2v) is 5.31. The predicted octanol–water partition coefficient (Wildman–Crippen LogP) is 2.91. The van der Waals surface area contributed by atoms with Gasteiger partial charge in [0.2, 0.25) is 0 Å². The molecule has 0 radical (unpaired) electrons. The highest BCUT2D eigenvalue weighted by Crippen LogP contribution is 2.22. The lowest BCUT2D eigenvalue weighted by molar-refractivity contribution is 0.0525. The van der Waals surface area contributed by atoms with Gasteiger partial charge in [0.15, 0.2) is 5.16 Å². The molecule has 0 saturated heterocycles. The molecular weight excluding hydrogens is 330 g/mol. The topological polar surface area (TPSA) is 90.4 Å². The van der Waals surface area contributed by atoms with Crippen LogP contribution in [0.5, 0.6) is 0 Å². The molecule has 2 aromatic rings. The van der Waals surface area contributed by atoms with Gasteiger partial charge in [0.25, 0.3) is 0 Å². The van der Waals surface area contributed by atoms with E-state index in [9.17, 15) is 9.59 Å². The molecule has 0 fully saturated rings. The molecule has 2 rings (SSSR count). The Balaban J connectivity index is 2.37. The minimum atomic E-state index is -0.517. The van der Waals surface area contributed by atoms with Gasteiger partial charge in [0, 0.05) is 11.9 Å². The van der Waals surface area contributed by atoms with E-state index in [1.165, 1.54) is 25.1 Å². The maximum absolute atomic E-state index is 12.1. The summed E-state index contributed by atoms with van der Waals surface area (Å²) in [7, 11) is 1.32. The molecule has 126 valence electrons. The van der Waals surface area contributed by atoms with Crippen molar-refractivity contribution < 1.29 is 19.1 Å². The standard InChI is InChI=1S/C16H17N3O4S/c1-4-23-15(21)12-9-17-16(24-3)19-13(12)18-11-7-5-6-10(8-11)14(20)22-2/h5-9H,4H2,1-3H3,(H,17,18,19). The van der Waals surface area contributed by atoms with Crippen LogP contribution < -0.4 is 5.32 Å². The average Bonchev–Trinajstić information content (AvgIpc) is 2.61. The fourth-order valence-electron chi connectivity index (χ4n) is 1.90. The first kappa shape index (κ1) is 17.7. The van der Waals surface area contributed by atoms with Crippen molar-refractivity contribution in [2.24, 2.45) is 0 Å². The number of thioether (sulfide) groups is 1. The van der Waals surface area contributed by atoms with E-state index in [0.29, 0.717) is 22.2 Å². The summed E-state index contributed by atoms with van der Waals surface area (Å²) < 4.78 is 9.72. The molecule has 0 aliphatic heterocycles. The fraction of sp³-hybridized carbons (Fsp3) is 0.250. The van der Waals surface area contributed by atoms with Gasteiger partial charge in [-0.1, -0.05) is 17.8 Å². The van der Waals surface area contributed by atoms with Crippen LogP contribution in [0.2, 0.25) is 0 Å². The lowest BCUT2D eigenvalue weighted by atomic mass is 10.2. The molecule has 7 nitrogen and oxygen atoms in total. The van der Waals surface area contributed by atoms with Crippen LogP contribution >= 0.6 is 11.8 Å². The van der Waals surface area contributed by atoms with Crippen LogP contribution in [0.4, 0.5) is 11.5 Å². The minimum Gasteiger partial charge on any atom is -0.465 e. The number of carbonyl (C=O) groups excluding carboxylic acids is 2. The summed E-state index contributed by atoms with van der Waals surface area (Å²) in [4.78, 5) is 32.1. The number of rotatable bonds is 6. The third-order valence-corrected chi connectivity index (χ3v) is 3.55. The number of hydrogen-bond donors (Lipinski definition) is 1. The van der Waals surface area contributed by atoms with Gasteiger partial charge in [-0.05, 0) is 31.4 Å². The van der Waals surface area contributed by atoms with E-state index in [2.05, 4.69) is 15.3 Å². The number of anilines is 2. The van der Waals surface area contributed by atoms with E-state index < -0.39 is 11.9 Å². The zero-order chi connectivity index (χ0) is 17.5. The predicted molar refractivity (Wildman–Crippen MR) is 90.8 cm³/mol. The van der Waals surface area contributed by atoms with Crippen molar-refractivity contribution in [2.45, 2.75) is 12.1 Å². The number of aromatic nitrogens is 2. The molecule has 0 amide bonds. The maximum Gasteiger partial charge on any atom is 0.343 e. The number of hydrogen-bond acceptors (Lipinski definition) is 8. The quantitative estimate of drug-likeness (QED) is 0.485. The minimum absolute atomic E-state index is 0.220. The number of ether oxygens (including phenoxy) is 2. The summed E-state index contributed by atoms with van der Waals surface area (Å²) in [5.74, 6) is -0.650. The van der Waals surface area contributed by atoms with Crippen molar-refractivity contribution in [1.29, 1.82) is 0 Å². The van der Waals surface area contributed by atoms with E-state index in [-0.39, 0.29) is 12.2 Å². The first-order valence-corrected chi connectivity index (χ1v) is 8.35. The van der Waals surface area contributed by atoms with Gasteiger partial charge in [0.05, 0.1) is 19.3 Å². The van der Waals surface area contributed by atoms with Crippen LogP contribution in [0, 0.1) is 0 Å². The molecule has 0 spiro atoms. The molecule has 1 heterocycles. The first-order chi connectivity index (χ1) is 11.6. The lowest BCUT2D eigenvalue weighted by Gasteiger charge is -2.11. The normalized spacial score (nSPS) is 10.1. The monoisotopic (exact) mass is 347 g/mol. The molecule has 0 atom stereocenters. The van der Waals surface area contributed by atoms with E-state index in [4.69, 9.17) is 9.47 Å². The van der Waals surface area contributed by atoms with Crippen LogP contribution in [-0.4, -0.2) is 41.9 Å². The number of esters is 2. The second-order valence-electron chi connectivity index (χ2n) is 4.54. The summed E-state index contributed by atoms with van der Waals surface area (Å²) >= 11 is 1.35. The Bertz CT molecular complexity index is 752. The van der Waals surface area contributed by atoms with Gasteiger partial charge < -0.3 is 14.8 Å². The second kappa shape index (κ2) is 8.30. The summed E-state index contributed by atoms with van der Waals surface area (Å²) in [6.07, 6.45) is 3.25. The highest BCUT2D eigenvalue weighted by Gasteiger charge is 2.16. The van der Waals surface area contributed by atoms with Crippen molar-refractivity contribution in [3.05, 3.63) is 41.6 Å². The van der Waals surface area contributed by atoms with Gasteiger partial charge in [0.1, 0.15) is 11.4 Å². The van der Waals surface area contributed by atoms with Gasteiger partial charge in [-0.15, -0.1) is 0 Å². The Kier molecular flexibility index (Phi) is 6.14. The Morgan fingerprint density at radius 1 is 1.29 bits per heavy atom. The zero-order valence-electron chi connectivity index (χ0n) is 13.5. The Morgan fingerprint density at radius 2 is 2.08 bits per heavy atom. The van der Waals surface area contributed by atoms with Gasteiger partial charge in [-0.3, -0.25) is 0 Å². The zero-order valence-corrected chi connectivity index (χ0v) is 14.3. The molecule has 24 heavy (non-hydrogen) atoms. The van der Waals surface area contributed by atoms with Crippen molar-refractivity contribution in [1.82, 2.24) is 9.97 Å². The van der Waals surface area contributed by atoms with Crippen LogP contribution in [0.1, 0.15) is 27.6 Å². The molecule has 1 aromatic heterocycles. The number of carbonyl (C=O) groups is 2. The van der Waals surface area contributed by atoms with Crippen LogP contribution in [-0.2, 0) is 9.47 Å². The molecule has 0 saturated carbocycles. The molecule has 0 aliphatic carbocycles. The summed E-state index contributed by atoms with van der Waals surface area (Å²) in [6, 6.07) is 6.70. The molecule has 0 aliphatic rings.